The number of thiocarbonyl (C=S) groups is 1. The first-order valence-corrected chi connectivity index (χ1v) is 11.3. The van der Waals surface area contributed by atoms with Gasteiger partial charge in [-0.1, -0.05) is 24.0 Å². The summed E-state index contributed by atoms with van der Waals surface area (Å²) < 4.78 is 6.35. The standard InChI is InChI=1S/C20H12Br2N2O4S2/c1-28-10-2-3-15-11(6-10)12(8-23-15)16(25)7-17-19(27)24(20(29)30-17)9-4-13(21)18(26)14(22)5-9/h2-8,23,26H,1H3. The van der Waals surface area contributed by atoms with E-state index < -0.39 is 5.91 Å². The summed E-state index contributed by atoms with van der Waals surface area (Å²) in [6.07, 6.45) is 2.91. The van der Waals surface area contributed by atoms with Gasteiger partial charge in [0.2, 0.25) is 0 Å². The number of aromatic amines is 1. The molecule has 1 fully saturated rings. The van der Waals surface area contributed by atoms with Gasteiger partial charge in [-0.2, -0.15) is 0 Å². The second-order valence-electron chi connectivity index (χ2n) is 6.25. The van der Waals surface area contributed by atoms with Crippen molar-refractivity contribution in [2.75, 3.05) is 12.0 Å². The number of hydrogen-bond donors (Lipinski definition) is 2. The van der Waals surface area contributed by atoms with E-state index in [4.69, 9.17) is 17.0 Å². The monoisotopic (exact) mass is 566 g/mol. The van der Waals surface area contributed by atoms with E-state index in [1.807, 2.05) is 6.07 Å². The van der Waals surface area contributed by atoms with Crippen LogP contribution in [0.5, 0.6) is 11.5 Å². The van der Waals surface area contributed by atoms with E-state index in [0.29, 0.717) is 35.7 Å². The Balaban J connectivity index is 1.68. The van der Waals surface area contributed by atoms with Gasteiger partial charge < -0.3 is 14.8 Å². The molecule has 0 atom stereocenters. The number of carbonyl (C=O) groups is 2. The maximum absolute atomic E-state index is 13.0. The molecular weight excluding hydrogens is 556 g/mol. The molecule has 2 heterocycles. The van der Waals surface area contributed by atoms with Crippen LogP contribution in [0.3, 0.4) is 0 Å². The number of amides is 1. The molecule has 30 heavy (non-hydrogen) atoms. The van der Waals surface area contributed by atoms with Crippen LogP contribution in [0.4, 0.5) is 5.69 Å². The fourth-order valence-electron chi connectivity index (χ4n) is 3.00. The van der Waals surface area contributed by atoms with Crippen molar-refractivity contribution in [3.63, 3.8) is 0 Å². The molecule has 1 saturated heterocycles. The lowest BCUT2D eigenvalue weighted by molar-refractivity contribution is -0.113. The van der Waals surface area contributed by atoms with E-state index >= 15 is 0 Å². The number of aromatic nitrogens is 1. The van der Waals surface area contributed by atoms with Crippen LogP contribution in [0.15, 0.2) is 56.5 Å². The highest BCUT2D eigenvalue weighted by Gasteiger charge is 2.34. The molecule has 10 heteroatoms. The SMILES string of the molecule is COc1ccc2[nH]cc(C(=O)C=C3SC(=S)N(c4cc(Br)c(O)c(Br)c4)C3=O)c2c1. The summed E-state index contributed by atoms with van der Waals surface area (Å²) in [6.45, 7) is 0. The number of ketones is 1. The fourth-order valence-corrected chi connectivity index (χ4v) is 5.43. The molecule has 0 unspecified atom stereocenters. The number of H-pyrrole nitrogens is 1. The Kier molecular flexibility index (Phi) is 5.75. The Bertz CT molecular complexity index is 1250. The molecule has 1 aliphatic rings. The highest BCUT2D eigenvalue weighted by molar-refractivity contribution is 9.11. The van der Waals surface area contributed by atoms with Crippen molar-refractivity contribution in [2.45, 2.75) is 0 Å². The number of nitrogens with one attached hydrogen (secondary N) is 1. The second kappa shape index (κ2) is 8.18. The number of halogens is 2. The van der Waals surface area contributed by atoms with Crippen molar-refractivity contribution in [3.05, 3.63) is 62.0 Å². The van der Waals surface area contributed by atoms with Gasteiger partial charge in [-0.3, -0.25) is 14.5 Å². The third kappa shape index (κ3) is 3.68. The van der Waals surface area contributed by atoms with Gasteiger partial charge in [0.1, 0.15) is 11.5 Å². The molecule has 0 spiro atoms. The number of methoxy groups -OCH3 is 1. The van der Waals surface area contributed by atoms with Crippen LogP contribution in [0.2, 0.25) is 0 Å². The zero-order valence-electron chi connectivity index (χ0n) is 15.2. The number of anilines is 1. The van der Waals surface area contributed by atoms with Crippen molar-refractivity contribution >= 4 is 88.4 Å². The molecule has 0 aliphatic carbocycles. The fraction of sp³-hybridized carbons (Fsp3) is 0.0500. The number of ether oxygens (including phenoxy) is 1. The van der Waals surface area contributed by atoms with Gasteiger partial charge in [0.05, 0.1) is 26.6 Å². The molecule has 1 aromatic heterocycles. The maximum atomic E-state index is 13.0. The van der Waals surface area contributed by atoms with E-state index in [1.165, 1.54) is 11.0 Å². The number of nitrogens with zero attached hydrogens (tertiary/aromatic N) is 1. The number of benzene rings is 2. The predicted octanol–water partition coefficient (Wildman–Crippen LogP) is 5.54. The molecular formula is C20H12Br2N2O4S2. The highest BCUT2D eigenvalue weighted by Crippen LogP contribution is 2.41. The van der Waals surface area contributed by atoms with Gasteiger partial charge in [-0.15, -0.1) is 0 Å². The average molecular weight is 568 g/mol. The number of allylic oxidation sites excluding steroid dienone is 1. The molecule has 0 radical (unpaired) electrons. The molecule has 3 aromatic rings. The minimum Gasteiger partial charge on any atom is -0.506 e. The van der Waals surface area contributed by atoms with Gasteiger partial charge in [0, 0.05) is 28.7 Å². The van der Waals surface area contributed by atoms with E-state index in [0.717, 1.165) is 17.3 Å². The van der Waals surface area contributed by atoms with E-state index in [2.05, 4.69) is 36.8 Å². The largest absolute Gasteiger partial charge is 0.506 e. The van der Waals surface area contributed by atoms with Crippen LogP contribution in [0.1, 0.15) is 10.4 Å². The zero-order valence-corrected chi connectivity index (χ0v) is 20.0. The lowest BCUT2D eigenvalue weighted by Crippen LogP contribution is -2.27. The summed E-state index contributed by atoms with van der Waals surface area (Å²) in [4.78, 5) is 30.5. The van der Waals surface area contributed by atoms with Gasteiger partial charge in [-0.05, 0) is 62.2 Å². The summed E-state index contributed by atoms with van der Waals surface area (Å²) in [6, 6.07) is 8.56. The van der Waals surface area contributed by atoms with Crippen molar-refractivity contribution in [3.8, 4) is 11.5 Å². The molecule has 0 saturated carbocycles. The van der Waals surface area contributed by atoms with Gasteiger partial charge in [0.15, 0.2) is 10.1 Å². The van der Waals surface area contributed by atoms with Gasteiger partial charge in [-0.25, -0.2) is 0 Å². The van der Waals surface area contributed by atoms with Gasteiger partial charge >= 0.3 is 0 Å². The van der Waals surface area contributed by atoms with Crippen LogP contribution in [0.25, 0.3) is 10.9 Å². The number of rotatable bonds is 4. The van der Waals surface area contributed by atoms with Crippen LogP contribution in [-0.2, 0) is 4.79 Å². The Hall–Kier alpha value is -2.14. The number of carbonyl (C=O) groups excluding carboxylic acids is 2. The third-order valence-corrected chi connectivity index (χ3v) is 6.98. The lowest BCUT2D eigenvalue weighted by atomic mass is 10.1. The van der Waals surface area contributed by atoms with Crippen molar-refractivity contribution in [2.24, 2.45) is 0 Å². The summed E-state index contributed by atoms with van der Waals surface area (Å²) in [5.41, 5.74) is 1.70. The molecule has 1 amide bonds. The van der Waals surface area contributed by atoms with E-state index in [1.54, 1.807) is 37.6 Å². The number of phenols is 1. The van der Waals surface area contributed by atoms with Crippen LogP contribution in [-0.4, -0.2) is 33.2 Å². The summed E-state index contributed by atoms with van der Waals surface area (Å²) >= 11 is 12.9. The first kappa shape index (κ1) is 21.1. The predicted molar refractivity (Wildman–Crippen MR) is 128 cm³/mol. The number of thioether (sulfide) groups is 1. The minimum atomic E-state index is -0.403. The van der Waals surface area contributed by atoms with Crippen molar-refractivity contribution in [1.29, 1.82) is 0 Å². The molecule has 2 aromatic carbocycles. The maximum Gasteiger partial charge on any atom is 0.270 e. The summed E-state index contributed by atoms with van der Waals surface area (Å²) in [5, 5.41) is 10.6. The first-order chi connectivity index (χ1) is 14.3. The molecule has 6 nitrogen and oxygen atoms in total. The molecule has 0 bridgehead atoms. The highest BCUT2D eigenvalue weighted by atomic mass is 79.9. The summed E-state index contributed by atoms with van der Waals surface area (Å²) in [5.74, 6) is -0.0704. The van der Waals surface area contributed by atoms with Crippen molar-refractivity contribution < 1.29 is 19.4 Å². The minimum absolute atomic E-state index is 0.0182. The van der Waals surface area contributed by atoms with E-state index in [-0.39, 0.29) is 16.4 Å². The third-order valence-electron chi connectivity index (χ3n) is 4.47. The number of phenolic OH excluding ortho intramolecular Hbond substituents is 1. The topological polar surface area (TPSA) is 82.6 Å². The molecule has 2 N–H and O–H groups in total. The van der Waals surface area contributed by atoms with Gasteiger partial charge in [0.25, 0.3) is 5.91 Å². The van der Waals surface area contributed by atoms with E-state index in [9.17, 15) is 14.7 Å². The number of fused-ring (bicyclic) bond motifs is 1. The molecule has 4 rings (SSSR count). The lowest BCUT2D eigenvalue weighted by Gasteiger charge is -2.16. The van der Waals surface area contributed by atoms with Crippen molar-refractivity contribution in [1.82, 2.24) is 4.98 Å². The molecule has 152 valence electrons. The Morgan fingerprint density at radius 1 is 1.27 bits per heavy atom. The Labute approximate surface area is 197 Å². The first-order valence-electron chi connectivity index (χ1n) is 8.45. The average Bonchev–Trinajstić information content (AvgIpc) is 3.25. The number of hydrogen-bond acceptors (Lipinski definition) is 6. The number of aromatic hydroxyl groups is 1. The zero-order chi connectivity index (χ0) is 21.6. The Morgan fingerprint density at radius 3 is 2.63 bits per heavy atom. The van der Waals surface area contributed by atoms with Crippen LogP contribution < -0.4 is 9.64 Å². The quantitative estimate of drug-likeness (QED) is 0.245. The second-order valence-corrected chi connectivity index (χ2v) is 9.64. The van der Waals surface area contributed by atoms with Crippen LogP contribution in [0, 0.1) is 0 Å². The normalized spacial score (nSPS) is 15.4. The molecule has 1 aliphatic heterocycles. The van der Waals surface area contributed by atoms with Crippen LogP contribution >= 0.6 is 55.8 Å². The Morgan fingerprint density at radius 2 is 1.97 bits per heavy atom. The summed E-state index contributed by atoms with van der Waals surface area (Å²) in [7, 11) is 1.56. The smallest absolute Gasteiger partial charge is 0.270 e.